The van der Waals surface area contributed by atoms with Crippen LogP contribution in [0.2, 0.25) is 5.02 Å². The topological polar surface area (TPSA) is 85.8 Å². The standard InChI is InChI=1S/C21H18ClF2N7/c1-30(2)11-12-3-5-13(6-4-12)14-9-15(20(25)26-10-14)21-27-28-29-31(21)19-17(23)8-7-16(22)18(19)24/h3-10H,11H2,1-2H3,(H2,25,26). The highest BCUT2D eigenvalue weighted by molar-refractivity contribution is 6.30. The number of nitrogens with zero attached hydrogens (tertiary/aromatic N) is 6. The van der Waals surface area contributed by atoms with E-state index in [2.05, 4.69) is 25.4 Å². The predicted molar refractivity (Wildman–Crippen MR) is 115 cm³/mol. The van der Waals surface area contributed by atoms with Gasteiger partial charge in [0, 0.05) is 18.3 Å². The van der Waals surface area contributed by atoms with Crippen molar-refractivity contribution in [1.29, 1.82) is 0 Å². The second-order valence-electron chi connectivity index (χ2n) is 7.20. The lowest BCUT2D eigenvalue weighted by atomic mass is 10.0. The molecule has 0 saturated carbocycles. The summed E-state index contributed by atoms with van der Waals surface area (Å²) in [6.07, 6.45) is 1.62. The summed E-state index contributed by atoms with van der Waals surface area (Å²) in [5, 5.41) is 11.0. The first-order valence-corrected chi connectivity index (χ1v) is 9.65. The number of hydrogen-bond acceptors (Lipinski definition) is 6. The summed E-state index contributed by atoms with van der Waals surface area (Å²) in [7, 11) is 4.00. The fourth-order valence-electron chi connectivity index (χ4n) is 3.20. The van der Waals surface area contributed by atoms with E-state index >= 15 is 0 Å². The summed E-state index contributed by atoms with van der Waals surface area (Å²) in [6, 6.07) is 11.9. The molecule has 2 aromatic carbocycles. The molecule has 0 unspecified atom stereocenters. The van der Waals surface area contributed by atoms with Gasteiger partial charge in [-0.05, 0) is 53.8 Å². The molecule has 10 heteroatoms. The molecule has 0 bridgehead atoms. The number of nitrogens with two attached hydrogens (primary N) is 1. The van der Waals surface area contributed by atoms with Gasteiger partial charge in [0.1, 0.15) is 11.5 Å². The summed E-state index contributed by atoms with van der Waals surface area (Å²) in [5.41, 5.74) is 8.70. The van der Waals surface area contributed by atoms with Crippen LogP contribution in [0.3, 0.4) is 0 Å². The maximum atomic E-state index is 14.6. The van der Waals surface area contributed by atoms with Gasteiger partial charge in [0.05, 0.1) is 10.6 Å². The van der Waals surface area contributed by atoms with Crippen LogP contribution in [0.1, 0.15) is 5.56 Å². The van der Waals surface area contributed by atoms with Crippen molar-refractivity contribution < 1.29 is 8.78 Å². The lowest BCUT2D eigenvalue weighted by molar-refractivity contribution is 0.402. The first-order chi connectivity index (χ1) is 14.8. The molecule has 0 radical (unpaired) electrons. The van der Waals surface area contributed by atoms with E-state index in [1.165, 1.54) is 0 Å². The smallest absolute Gasteiger partial charge is 0.191 e. The Labute approximate surface area is 182 Å². The van der Waals surface area contributed by atoms with E-state index in [9.17, 15) is 8.78 Å². The van der Waals surface area contributed by atoms with Crippen LogP contribution in [-0.2, 0) is 6.54 Å². The lowest BCUT2D eigenvalue weighted by Crippen LogP contribution is -2.10. The van der Waals surface area contributed by atoms with E-state index in [1.54, 1.807) is 12.3 Å². The average molecular weight is 442 g/mol. The number of benzene rings is 2. The SMILES string of the molecule is CN(C)Cc1ccc(-c2cnc(N)c(-c3nnnn3-c3c(F)ccc(Cl)c3F)c2)cc1. The molecule has 2 aromatic heterocycles. The van der Waals surface area contributed by atoms with Gasteiger partial charge in [-0.2, -0.15) is 4.68 Å². The van der Waals surface area contributed by atoms with Crippen molar-refractivity contribution in [1.82, 2.24) is 30.1 Å². The van der Waals surface area contributed by atoms with Crippen LogP contribution in [0.15, 0.2) is 48.7 Å². The van der Waals surface area contributed by atoms with E-state index < -0.39 is 17.3 Å². The maximum Gasteiger partial charge on any atom is 0.191 e. The number of pyridine rings is 1. The van der Waals surface area contributed by atoms with E-state index in [-0.39, 0.29) is 16.7 Å². The highest BCUT2D eigenvalue weighted by Gasteiger charge is 2.22. The third-order valence-electron chi connectivity index (χ3n) is 4.65. The van der Waals surface area contributed by atoms with Gasteiger partial charge in [-0.1, -0.05) is 35.9 Å². The molecule has 0 aliphatic carbocycles. The fraction of sp³-hybridized carbons (Fsp3) is 0.143. The fourth-order valence-corrected chi connectivity index (χ4v) is 3.35. The van der Waals surface area contributed by atoms with Gasteiger partial charge in [0.25, 0.3) is 0 Å². The van der Waals surface area contributed by atoms with Crippen molar-refractivity contribution in [2.75, 3.05) is 19.8 Å². The molecule has 0 aliphatic heterocycles. The second-order valence-corrected chi connectivity index (χ2v) is 7.60. The number of anilines is 1. The van der Waals surface area contributed by atoms with Crippen molar-refractivity contribution in [3.05, 3.63) is 70.9 Å². The van der Waals surface area contributed by atoms with Crippen LogP contribution in [-0.4, -0.2) is 44.2 Å². The molecule has 31 heavy (non-hydrogen) atoms. The predicted octanol–water partition coefficient (Wildman–Crippen LogP) is 3.97. The van der Waals surface area contributed by atoms with Crippen LogP contribution in [0.5, 0.6) is 0 Å². The van der Waals surface area contributed by atoms with Gasteiger partial charge in [0.15, 0.2) is 17.5 Å². The number of nitrogen functional groups attached to an aromatic ring is 1. The minimum absolute atomic E-state index is 0.0381. The Morgan fingerprint density at radius 3 is 2.52 bits per heavy atom. The Morgan fingerprint density at radius 2 is 1.81 bits per heavy atom. The Balaban J connectivity index is 1.78. The van der Waals surface area contributed by atoms with Gasteiger partial charge in [-0.3, -0.25) is 0 Å². The Morgan fingerprint density at radius 1 is 1.06 bits per heavy atom. The summed E-state index contributed by atoms with van der Waals surface area (Å²) >= 11 is 5.82. The molecule has 2 N–H and O–H groups in total. The minimum atomic E-state index is -0.977. The van der Waals surface area contributed by atoms with Crippen molar-refractivity contribution in [3.8, 4) is 28.2 Å². The average Bonchev–Trinajstić information content (AvgIpc) is 3.21. The molecular formula is C21H18ClF2N7. The normalized spacial score (nSPS) is 11.3. The third kappa shape index (κ3) is 4.10. The molecule has 2 heterocycles. The van der Waals surface area contributed by atoms with Crippen LogP contribution in [0.25, 0.3) is 28.2 Å². The molecule has 0 atom stereocenters. The highest BCUT2D eigenvalue weighted by atomic mass is 35.5. The molecule has 0 spiro atoms. The van der Waals surface area contributed by atoms with Crippen molar-refractivity contribution in [2.45, 2.75) is 6.54 Å². The van der Waals surface area contributed by atoms with Crippen molar-refractivity contribution >= 4 is 17.4 Å². The zero-order valence-electron chi connectivity index (χ0n) is 16.7. The quantitative estimate of drug-likeness (QED) is 0.472. The monoisotopic (exact) mass is 441 g/mol. The van der Waals surface area contributed by atoms with Crippen molar-refractivity contribution in [2.24, 2.45) is 0 Å². The number of aromatic nitrogens is 5. The maximum absolute atomic E-state index is 14.6. The Bertz CT molecular complexity index is 1240. The molecule has 0 amide bonds. The van der Waals surface area contributed by atoms with Gasteiger partial charge in [0.2, 0.25) is 0 Å². The first kappa shape index (κ1) is 20.8. The Kier molecular flexibility index (Phi) is 5.62. The van der Waals surface area contributed by atoms with Crippen LogP contribution in [0, 0.1) is 11.6 Å². The molecule has 7 nitrogen and oxygen atoms in total. The summed E-state index contributed by atoms with van der Waals surface area (Å²) in [6.45, 7) is 0.817. The number of hydrogen-bond donors (Lipinski definition) is 1. The zero-order valence-corrected chi connectivity index (χ0v) is 17.5. The van der Waals surface area contributed by atoms with Crippen LogP contribution >= 0.6 is 11.6 Å². The van der Waals surface area contributed by atoms with Crippen LogP contribution in [0.4, 0.5) is 14.6 Å². The largest absolute Gasteiger partial charge is 0.383 e. The minimum Gasteiger partial charge on any atom is -0.383 e. The summed E-state index contributed by atoms with van der Waals surface area (Å²) < 4.78 is 29.9. The number of tetrazole rings is 1. The summed E-state index contributed by atoms with van der Waals surface area (Å²) in [5.74, 6) is -1.69. The molecule has 0 saturated heterocycles. The molecular weight excluding hydrogens is 424 g/mol. The van der Waals surface area contributed by atoms with Crippen molar-refractivity contribution in [3.63, 3.8) is 0 Å². The molecule has 4 rings (SSSR count). The van der Waals surface area contributed by atoms with E-state index in [4.69, 9.17) is 17.3 Å². The second kappa shape index (κ2) is 8.37. The van der Waals surface area contributed by atoms with E-state index in [1.807, 2.05) is 38.4 Å². The zero-order chi connectivity index (χ0) is 22.1. The Hall–Kier alpha value is -3.43. The van der Waals surface area contributed by atoms with Gasteiger partial charge >= 0.3 is 0 Å². The number of rotatable bonds is 5. The van der Waals surface area contributed by atoms with Gasteiger partial charge in [-0.25, -0.2) is 13.8 Å². The van der Waals surface area contributed by atoms with E-state index in [0.29, 0.717) is 5.56 Å². The molecule has 4 aromatic rings. The highest BCUT2D eigenvalue weighted by Crippen LogP contribution is 2.31. The third-order valence-corrected chi connectivity index (χ3v) is 4.94. The number of halogens is 3. The van der Waals surface area contributed by atoms with E-state index in [0.717, 1.165) is 40.0 Å². The van der Waals surface area contributed by atoms with Gasteiger partial charge in [-0.15, -0.1) is 5.10 Å². The molecule has 158 valence electrons. The molecule has 0 fully saturated rings. The summed E-state index contributed by atoms with van der Waals surface area (Å²) in [4.78, 5) is 6.30. The first-order valence-electron chi connectivity index (χ1n) is 9.27. The van der Waals surface area contributed by atoms with Crippen LogP contribution < -0.4 is 5.73 Å². The van der Waals surface area contributed by atoms with Gasteiger partial charge < -0.3 is 10.6 Å². The lowest BCUT2D eigenvalue weighted by Gasteiger charge is -2.12. The molecule has 0 aliphatic rings.